The molecule has 2 aliphatic rings. The highest BCUT2D eigenvalue weighted by atomic mass is 35.5. The number of nitrogens with one attached hydrogen (secondary N) is 2. The van der Waals surface area contributed by atoms with Crippen LogP contribution in [0.25, 0.3) is 11.3 Å². The summed E-state index contributed by atoms with van der Waals surface area (Å²) in [6.07, 6.45) is 5.55. The number of amidine groups is 1. The van der Waals surface area contributed by atoms with E-state index in [0.717, 1.165) is 27.9 Å². The number of aliphatic imine (C=N–C) groups is 1. The summed E-state index contributed by atoms with van der Waals surface area (Å²) in [5.41, 5.74) is 4.26. The molecule has 0 aliphatic carbocycles. The maximum atomic E-state index is 15.2. The number of methoxy groups -OCH3 is 2. The molecule has 0 spiro atoms. The number of hydrogen-bond acceptors (Lipinski definition) is 11. The Morgan fingerprint density at radius 1 is 0.918 bits per heavy atom. The predicted molar refractivity (Wildman–Crippen MR) is 231 cm³/mol. The Balaban J connectivity index is 1.18. The Kier molecular flexibility index (Phi) is 11.7. The van der Waals surface area contributed by atoms with Crippen LogP contribution in [0, 0.1) is 6.92 Å². The minimum Gasteiger partial charge on any atom is -0.497 e. The third-order valence-electron chi connectivity index (χ3n) is 10.6. The van der Waals surface area contributed by atoms with Gasteiger partial charge in [0, 0.05) is 56.2 Å². The van der Waals surface area contributed by atoms with Gasteiger partial charge >= 0.3 is 6.18 Å². The number of ether oxygens (including phenoxy) is 3. The Hall–Kier alpha value is -6.80. The lowest BCUT2D eigenvalue weighted by molar-refractivity contribution is -0.137. The van der Waals surface area contributed by atoms with E-state index in [0.29, 0.717) is 54.0 Å². The number of rotatable bonds is 13. The predicted octanol–water partition coefficient (Wildman–Crippen LogP) is 10.4. The fourth-order valence-corrected chi connectivity index (χ4v) is 7.77. The Morgan fingerprint density at radius 2 is 1.62 bits per heavy atom. The summed E-state index contributed by atoms with van der Waals surface area (Å²) >= 11 is 7.23. The standard InChI is InChI=1S/C46H42ClF3N8O3/c1-28-18-39(57(25-30-7-11-35(59-3)12-8-30)26-31-9-13-36(60-4)14-10-31)56-43(41(28)46(48,49)50)37-20-38-40-44(42(37)47)54-27-55-45(40)58(16-17-61-38)29(2)33-19-34(24-52-23-33)53-22-32-6-5-15-51-21-32/h5-21,23-24,29,53-54H,22,25-27H2,1-4H3. The van der Waals surface area contributed by atoms with Gasteiger partial charge in [-0.1, -0.05) is 41.9 Å². The lowest BCUT2D eigenvalue weighted by Crippen LogP contribution is -2.32. The first-order chi connectivity index (χ1) is 29.5. The summed E-state index contributed by atoms with van der Waals surface area (Å²) in [5, 5.41) is 6.68. The van der Waals surface area contributed by atoms with Crippen molar-refractivity contribution in [2.24, 2.45) is 4.99 Å². The van der Waals surface area contributed by atoms with E-state index in [4.69, 9.17) is 35.8 Å². The molecule has 61 heavy (non-hydrogen) atoms. The van der Waals surface area contributed by atoms with Gasteiger partial charge in [-0.2, -0.15) is 13.2 Å². The van der Waals surface area contributed by atoms with Crippen LogP contribution in [0.2, 0.25) is 5.02 Å². The molecule has 0 saturated heterocycles. The highest BCUT2D eigenvalue weighted by Crippen LogP contribution is 2.49. The maximum absolute atomic E-state index is 15.2. The van der Waals surface area contributed by atoms with Crippen LogP contribution in [0.3, 0.4) is 0 Å². The molecule has 5 heterocycles. The fraction of sp³-hybridized carbons (Fsp3) is 0.217. The first-order valence-corrected chi connectivity index (χ1v) is 19.8. The van der Waals surface area contributed by atoms with Crippen molar-refractivity contribution in [2.45, 2.75) is 45.7 Å². The summed E-state index contributed by atoms with van der Waals surface area (Å²) in [6.45, 7) is 4.80. The molecule has 3 aromatic heterocycles. The zero-order valence-electron chi connectivity index (χ0n) is 33.8. The third-order valence-corrected chi connectivity index (χ3v) is 11.0. The van der Waals surface area contributed by atoms with E-state index < -0.39 is 11.7 Å². The summed E-state index contributed by atoms with van der Waals surface area (Å²) in [7, 11) is 3.18. The molecule has 1 atom stereocenters. The second-order valence-corrected chi connectivity index (χ2v) is 15.0. The van der Waals surface area contributed by atoms with E-state index >= 15 is 13.2 Å². The van der Waals surface area contributed by atoms with E-state index in [2.05, 4.69) is 20.6 Å². The summed E-state index contributed by atoms with van der Waals surface area (Å²) < 4.78 is 62.5. The van der Waals surface area contributed by atoms with Crippen LogP contribution >= 0.6 is 11.6 Å². The first-order valence-electron chi connectivity index (χ1n) is 19.4. The van der Waals surface area contributed by atoms with Crippen molar-refractivity contribution in [1.29, 1.82) is 0 Å². The molecule has 8 rings (SSSR count). The molecule has 0 fully saturated rings. The van der Waals surface area contributed by atoms with Crippen LogP contribution in [-0.2, 0) is 25.8 Å². The van der Waals surface area contributed by atoms with Gasteiger partial charge in [0.05, 0.1) is 53.5 Å². The second kappa shape index (κ2) is 17.4. The Bertz CT molecular complexity index is 2540. The number of anilines is 3. The van der Waals surface area contributed by atoms with Gasteiger partial charge in [0.2, 0.25) is 0 Å². The molecule has 2 N–H and O–H groups in total. The van der Waals surface area contributed by atoms with Gasteiger partial charge in [-0.05, 0) is 90.2 Å². The average Bonchev–Trinajstić information content (AvgIpc) is 3.46. The summed E-state index contributed by atoms with van der Waals surface area (Å²) in [5.74, 6) is 2.50. The number of aromatic nitrogens is 3. The molecule has 3 aromatic carbocycles. The molecule has 6 aromatic rings. The van der Waals surface area contributed by atoms with Crippen molar-refractivity contribution in [2.75, 3.05) is 36.4 Å². The summed E-state index contributed by atoms with van der Waals surface area (Å²) in [4.78, 5) is 22.2. The largest absolute Gasteiger partial charge is 0.497 e. The van der Waals surface area contributed by atoms with E-state index in [1.165, 1.54) is 25.3 Å². The zero-order chi connectivity index (χ0) is 42.7. The normalized spacial score (nSPS) is 13.6. The van der Waals surface area contributed by atoms with Crippen LogP contribution in [0.15, 0.2) is 121 Å². The van der Waals surface area contributed by atoms with E-state index in [1.807, 2.05) is 83.5 Å². The average molecular weight is 847 g/mol. The van der Waals surface area contributed by atoms with E-state index in [1.54, 1.807) is 45.2 Å². The number of nitrogens with zero attached hydrogens (tertiary/aromatic N) is 6. The molecule has 11 nitrogen and oxygen atoms in total. The smallest absolute Gasteiger partial charge is 0.418 e. The second-order valence-electron chi connectivity index (χ2n) is 14.6. The number of alkyl halides is 3. The Morgan fingerprint density at radius 3 is 2.26 bits per heavy atom. The molecule has 0 saturated carbocycles. The van der Waals surface area contributed by atoms with Gasteiger partial charge < -0.3 is 34.6 Å². The van der Waals surface area contributed by atoms with Gasteiger partial charge in [0.25, 0.3) is 0 Å². The minimum atomic E-state index is -4.77. The molecule has 0 radical (unpaired) electrons. The van der Waals surface area contributed by atoms with Crippen molar-refractivity contribution < 1.29 is 27.4 Å². The first kappa shape index (κ1) is 41.0. The quantitative estimate of drug-likeness (QED) is 0.117. The lowest BCUT2D eigenvalue weighted by atomic mass is 9.96. The number of aryl methyl sites for hydroxylation is 1. The number of halogens is 4. The van der Waals surface area contributed by atoms with E-state index in [9.17, 15) is 0 Å². The van der Waals surface area contributed by atoms with Gasteiger partial charge in [0.15, 0.2) is 0 Å². The molecule has 15 heteroatoms. The van der Waals surface area contributed by atoms with Crippen LogP contribution in [-0.4, -0.2) is 46.6 Å². The molecule has 2 aliphatic heterocycles. The van der Waals surface area contributed by atoms with Crippen molar-refractivity contribution in [3.8, 4) is 28.5 Å². The molecular formula is C46H42ClF3N8O3. The van der Waals surface area contributed by atoms with Crippen molar-refractivity contribution >= 4 is 34.6 Å². The van der Waals surface area contributed by atoms with Gasteiger partial charge in [-0.3, -0.25) is 9.97 Å². The Labute approximate surface area is 356 Å². The molecule has 312 valence electrons. The topological polar surface area (TPSA) is 109 Å². The van der Waals surface area contributed by atoms with Crippen LogP contribution in [0.4, 0.5) is 30.4 Å². The van der Waals surface area contributed by atoms with Crippen LogP contribution in [0.5, 0.6) is 17.2 Å². The highest BCUT2D eigenvalue weighted by molar-refractivity contribution is 6.37. The van der Waals surface area contributed by atoms with E-state index in [-0.39, 0.29) is 40.3 Å². The number of hydrogen-bond donors (Lipinski definition) is 2. The molecule has 0 amide bonds. The number of pyridine rings is 3. The summed E-state index contributed by atoms with van der Waals surface area (Å²) in [6, 6.07) is 23.6. The van der Waals surface area contributed by atoms with Gasteiger partial charge in [0.1, 0.15) is 41.8 Å². The molecular weight excluding hydrogens is 805 g/mol. The van der Waals surface area contributed by atoms with Crippen molar-refractivity contribution in [3.05, 3.63) is 160 Å². The number of benzene rings is 3. The monoisotopic (exact) mass is 846 g/mol. The third kappa shape index (κ3) is 8.76. The van der Waals surface area contributed by atoms with Crippen LogP contribution in [0.1, 0.15) is 51.9 Å². The fourth-order valence-electron chi connectivity index (χ4n) is 7.46. The lowest BCUT2D eigenvalue weighted by Gasteiger charge is -2.32. The highest BCUT2D eigenvalue weighted by Gasteiger charge is 2.39. The maximum Gasteiger partial charge on any atom is 0.418 e. The minimum absolute atomic E-state index is 0.0107. The van der Waals surface area contributed by atoms with Gasteiger partial charge in [-0.25, -0.2) is 9.98 Å². The van der Waals surface area contributed by atoms with Gasteiger partial charge in [-0.15, -0.1) is 0 Å². The van der Waals surface area contributed by atoms with Crippen molar-refractivity contribution in [3.63, 3.8) is 0 Å². The van der Waals surface area contributed by atoms with Crippen LogP contribution < -0.4 is 29.7 Å². The molecule has 1 unspecified atom stereocenters. The zero-order valence-corrected chi connectivity index (χ0v) is 34.6. The SMILES string of the molecule is COc1ccc(CN(Cc2ccc(OC)cc2)c2cc(C)c(C(F)(F)F)c(-c3cc4c5c(c3Cl)NCN=C5N(C(C)c3cncc(NCc5cccnc5)c3)C=CO4)n2)cc1. The molecule has 0 bridgehead atoms. The van der Waals surface area contributed by atoms with Crippen molar-refractivity contribution in [1.82, 2.24) is 19.9 Å².